The second-order valence-electron chi connectivity index (χ2n) is 4.03. The third-order valence-corrected chi connectivity index (χ3v) is 2.48. The van der Waals surface area contributed by atoms with Crippen LogP contribution < -0.4 is 11.5 Å². The molecule has 0 heterocycles. The summed E-state index contributed by atoms with van der Waals surface area (Å²) in [4.78, 5) is 0. The number of rotatable bonds is 12. The third-order valence-electron chi connectivity index (χ3n) is 2.48. The van der Waals surface area contributed by atoms with Crippen LogP contribution >= 0.6 is 0 Å². The van der Waals surface area contributed by atoms with Gasteiger partial charge in [0.25, 0.3) is 0 Å². The van der Waals surface area contributed by atoms with Gasteiger partial charge in [0.1, 0.15) is 0 Å². The van der Waals surface area contributed by atoms with Crippen LogP contribution in [0.3, 0.4) is 0 Å². The highest BCUT2D eigenvalue weighted by atomic mass is 16.5. The topological polar surface area (TPSA) is 70.5 Å². The van der Waals surface area contributed by atoms with Crippen molar-refractivity contribution in [1.29, 1.82) is 0 Å². The summed E-state index contributed by atoms with van der Waals surface area (Å²) in [7, 11) is 0. The van der Waals surface area contributed by atoms with Crippen LogP contribution in [-0.2, 0) is 9.47 Å². The average molecular weight is 232 g/mol. The molecule has 0 aliphatic rings. The predicted molar refractivity (Wildman–Crippen MR) is 67.4 cm³/mol. The highest BCUT2D eigenvalue weighted by Crippen LogP contribution is 1.96. The van der Waals surface area contributed by atoms with Crippen molar-refractivity contribution in [1.82, 2.24) is 0 Å². The number of hydrogen-bond acceptors (Lipinski definition) is 4. The number of hydrogen-bond donors (Lipinski definition) is 2. The fraction of sp³-hybridized carbons (Fsp3) is 1.00. The van der Waals surface area contributed by atoms with Gasteiger partial charge in [0.05, 0.1) is 0 Å². The molecule has 1 atom stereocenters. The molecule has 0 saturated heterocycles. The van der Waals surface area contributed by atoms with Gasteiger partial charge in [-0.3, -0.25) is 0 Å². The molecule has 98 valence electrons. The minimum atomic E-state index is 0.291. The van der Waals surface area contributed by atoms with Crippen molar-refractivity contribution in [2.24, 2.45) is 11.5 Å². The molecule has 0 spiro atoms. The average Bonchev–Trinajstić information content (AvgIpc) is 2.31. The van der Waals surface area contributed by atoms with Gasteiger partial charge in [-0.2, -0.15) is 0 Å². The molecule has 0 aromatic heterocycles. The lowest BCUT2D eigenvalue weighted by atomic mass is 10.2. The molecule has 0 amide bonds. The Hall–Kier alpha value is -0.160. The van der Waals surface area contributed by atoms with E-state index in [9.17, 15) is 0 Å². The molecule has 0 radical (unpaired) electrons. The maximum absolute atomic E-state index is 5.77. The third kappa shape index (κ3) is 11.9. The molecule has 0 aromatic carbocycles. The monoisotopic (exact) mass is 232 g/mol. The molecular weight excluding hydrogens is 204 g/mol. The first-order valence-corrected chi connectivity index (χ1v) is 6.42. The van der Waals surface area contributed by atoms with Gasteiger partial charge in [-0.1, -0.05) is 6.92 Å². The van der Waals surface area contributed by atoms with Gasteiger partial charge in [-0.05, 0) is 38.6 Å². The van der Waals surface area contributed by atoms with Crippen molar-refractivity contribution >= 4 is 0 Å². The van der Waals surface area contributed by atoms with Gasteiger partial charge in [0, 0.05) is 32.5 Å². The highest BCUT2D eigenvalue weighted by molar-refractivity contribution is 4.56. The molecule has 4 N–H and O–H groups in total. The van der Waals surface area contributed by atoms with Crippen molar-refractivity contribution in [2.45, 2.75) is 45.1 Å². The van der Waals surface area contributed by atoms with E-state index >= 15 is 0 Å². The summed E-state index contributed by atoms with van der Waals surface area (Å²) in [6.07, 6.45) is 5.06. The van der Waals surface area contributed by atoms with Crippen LogP contribution in [0.25, 0.3) is 0 Å². The van der Waals surface area contributed by atoms with Crippen LogP contribution in [0.2, 0.25) is 0 Å². The van der Waals surface area contributed by atoms with E-state index in [0.29, 0.717) is 12.6 Å². The second-order valence-corrected chi connectivity index (χ2v) is 4.03. The Balaban J connectivity index is 2.93. The summed E-state index contributed by atoms with van der Waals surface area (Å²) < 4.78 is 10.9. The molecule has 0 aliphatic heterocycles. The maximum atomic E-state index is 5.77. The SMILES string of the molecule is CCC(N)CCOCCCCOCCCN. The Morgan fingerprint density at radius 1 is 0.938 bits per heavy atom. The molecule has 0 aromatic rings. The number of nitrogens with two attached hydrogens (primary N) is 2. The van der Waals surface area contributed by atoms with Crippen LogP contribution in [0.4, 0.5) is 0 Å². The van der Waals surface area contributed by atoms with E-state index in [-0.39, 0.29) is 0 Å². The lowest BCUT2D eigenvalue weighted by molar-refractivity contribution is 0.0991. The highest BCUT2D eigenvalue weighted by Gasteiger charge is 1.98. The summed E-state index contributed by atoms with van der Waals surface area (Å²) in [5.41, 5.74) is 11.1. The van der Waals surface area contributed by atoms with Crippen LogP contribution in [0, 0.1) is 0 Å². The van der Waals surface area contributed by atoms with Gasteiger partial charge in [0.15, 0.2) is 0 Å². The van der Waals surface area contributed by atoms with E-state index in [1.54, 1.807) is 0 Å². The summed E-state index contributed by atoms with van der Waals surface area (Å²) >= 11 is 0. The second kappa shape index (κ2) is 12.9. The molecule has 0 bridgehead atoms. The minimum Gasteiger partial charge on any atom is -0.381 e. The van der Waals surface area contributed by atoms with E-state index < -0.39 is 0 Å². The molecule has 0 fully saturated rings. The van der Waals surface area contributed by atoms with E-state index in [4.69, 9.17) is 20.9 Å². The summed E-state index contributed by atoms with van der Waals surface area (Å²) in [5.74, 6) is 0. The molecule has 4 heteroatoms. The van der Waals surface area contributed by atoms with Crippen LogP contribution in [-0.4, -0.2) is 39.0 Å². The Kier molecular flexibility index (Phi) is 12.8. The molecule has 4 nitrogen and oxygen atoms in total. The summed E-state index contributed by atoms with van der Waals surface area (Å²) in [5, 5.41) is 0. The van der Waals surface area contributed by atoms with E-state index in [0.717, 1.165) is 58.5 Å². The van der Waals surface area contributed by atoms with E-state index in [1.165, 1.54) is 0 Å². The van der Waals surface area contributed by atoms with Gasteiger partial charge in [-0.25, -0.2) is 0 Å². The lowest BCUT2D eigenvalue weighted by Gasteiger charge is -2.09. The van der Waals surface area contributed by atoms with Crippen molar-refractivity contribution in [3.63, 3.8) is 0 Å². The first kappa shape index (κ1) is 15.8. The zero-order valence-corrected chi connectivity index (χ0v) is 10.6. The Morgan fingerprint density at radius 3 is 2.06 bits per heavy atom. The molecular formula is C12H28N2O2. The molecule has 0 aliphatic carbocycles. The molecule has 16 heavy (non-hydrogen) atoms. The maximum Gasteiger partial charge on any atom is 0.0480 e. The standard InChI is InChI=1S/C12H28N2O2/c1-2-12(14)6-11-16-9-4-3-8-15-10-5-7-13/h12H,2-11,13-14H2,1H3. The predicted octanol–water partition coefficient (Wildman–Crippen LogP) is 1.28. The number of ether oxygens (including phenoxy) is 2. The lowest BCUT2D eigenvalue weighted by Crippen LogP contribution is -2.20. The zero-order chi connectivity index (χ0) is 12.1. The normalized spacial score (nSPS) is 12.9. The van der Waals surface area contributed by atoms with Crippen LogP contribution in [0.5, 0.6) is 0 Å². The van der Waals surface area contributed by atoms with Gasteiger partial charge in [-0.15, -0.1) is 0 Å². The molecule has 0 saturated carbocycles. The van der Waals surface area contributed by atoms with E-state index in [2.05, 4.69) is 6.92 Å². The fourth-order valence-electron chi connectivity index (χ4n) is 1.24. The van der Waals surface area contributed by atoms with Crippen molar-refractivity contribution in [3.05, 3.63) is 0 Å². The van der Waals surface area contributed by atoms with E-state index in [1.807, 2.05) is 0 Å². The molecule has 1 unspecified atom stereocenters. The summed E-state index contributed by atoms with van der Waals surface area (Å²) in [6.45, 7) is 6.00. The first-order valence-electron chi connectivity index (χ1n) is 6.42. The van der Waals surface area contributed by atoms with Crippen LogP contribution in [0.1, 0.15) is 39.0 Å². The van der Waals surface area contributed by atoms with Gasteiger partial charge >= 0.3 is 0 Å². The zero-order valence-electron chi connectivity index (χ0n) is 10.6. The molecule has 0 rings (SSSR count). The van der Waals surface area contributed by atoms with Crippen molar-refractivity contribution in [2.75, 3.05) is 33.0 Å². The number of unbranched alkanes of at least 4 members (excludes halogenated alkanes) is 1. The Morgan fingerprint density at radius 2 is 1.50 bits per heavy atom. The van der Waals surface area contributed by atoms with Gasteiger partial charge < -0.3 is 20.9 Å². The largest absolute Gasteiger partial charge is 0.381 e. The van der Waals surface area contributed by atoms with Crippen LogP contribution in [0.15, 0.2) is 0 Å². The minimum absolute atomic E-state index is 0.291. The Labute approximate surface area is 99.7 Å². The Bertz CT molecular complexity index is 134. The first-order chi connectivity index (χ1) is 7.81. The summed E-state index contributed by atoms with van der Waals surface area (Å²) in [6, 6.07) is 0.291. The van der Waals surface area contributed by atoms with Gasteiger partial charge in [0.2, 0.25) is 0 Å². The quantitative estimate of drug-likeness (QED) is 0.497. The fourth-order valence-corrected chi connectivity index (χ4v) is 1.24. The smallest absolute Gasteiger partial charge is 0.0480 e. The van der Waals surface area contributed by atoms with Crippen molar-refractivity contribution in [3.8, 4) is 0 Å². The van der Waals surface area contributed by atoms with Crippen molar-refractivity contribution < 1.29 is 9.47 Å².